The Morgan fingerprint density at radius 1 is 1.26 bits per heavy atom. The number of nitriles is 1. The molecule has 0 fully saturated rings. The van der Waals surface area contributed by atoms with Gasteiger partial charge in [-0.25, -0.2) is 9.97 Å². The van der Waals surface area contributed by atoms with Crippen molar-refractivity contribution in [1.29, 1.82) is 5.26 Å². The maximum absolute atomic E-state index is 12.5. The molecule has 2 aromatic carbocycles. The van der Waals surface area contributed by atoms with Crippen molar-refractivity contribution in [3.63, 3.8) is 0 Å². The zero-order valence-corrected chi connectivity index (χ0v) is 19.1. The van der Waals surface area contributed by atoms with Crippen LogP contribution in [0.4, 0.5) is 5.13 Å². The molecule has 4 rings (SSSR count). The van der Waals surface area contributed by atoms with Gasteiger partial charge in [0.15, 0.2) is 29.1 Å². The summed E-state index contributed by atoms with van der Waals surface area (Å²) >= 11 is 1.31. The number of nitrogens with zero attached hydrogens (tertiary/aromatic N) is 3. The average Bonchev–Trinajstić information content (AvgIpc) is 3.34. The molecule has 170 valence electrons. The predicted octanol–water partition coefficient (Wildman–Crippen LogP) is 3.78. The molecule has 0 bridgehead atoms. The molecule has 0 radical (unpaired) electrons. The number of aromatic amines is 1. The summed E-state index contributed by atoms with van der Waals surface area (Å²) in [4.78, 5) is 35.6. The quantitative estimate of drug-likeness (QED) is 0.391. The Kier molecular flexibility index (Phi) is 6.66. The molecule has 0 aliphatic rings. The van der Waals surface area contributed by atoms with E-state index in [-0.39, 0.29) is 29.5 Å². The van der Waals surface area contributed by atoms with Gasteiger partial charge in [0.05, 0.1) is 23.6 Å². The summed E-state index contributed by atoms with van der Waals surface area (Å²) in [5.41, 5.74) is 1.95. The molecule has 0 atom stereocenters. The molecule has 0 spiro atoms. The van der Waals surface area contributed by atoms with Crippen molar-refractivity contribution in [2.24, 2.45) is 0 Å². The largest absolute Gasteiger partial charge is 0.493 e. The second-order valence-corrected chi connectivity index (χ2v) is 8.08. The van der Waals surface area contributed by atoms with E-state index >= 15 is 0 Å². The Bertz CT molecular complexity index is 1490. The molecule has 1 amide bonds. The molecular weight excluding hydrogens is 454 g/mol. The number of thiazole rings is 1. The van der Waals surface area contributed by atoms with Gasteiger partial charge in [-0.3, -0.25) is 14.9 Å². The van der Waals surface area contributed by atoms with Crippen molar-refractivity contribution in [3.05, 3.63) is 75.3 Å². The van der Waals surface area contributed by atoms with Crippen LogP contribution in [0.5, 0.6) is 11.5 Å². The molecule has 0 aliphatic carbocycles. The fraction of sp³-hybridized carbons (Fsp3) is 0.125. The van der Waals surface area contributed by atoms with Gasteiger partial charge in [0, 0.05) is 11.6 Å². The molecule has 34 heavy (non-hydrogen) atoms. The standard InChI is InChI=1S/C24H19N5O4S/c1-14-3-5-17-18(9-14)27-22(29-23(17)31)16(12-25)10-15-4-6-19(20(11-15)32-2)33-13-21(30)28-24-26-7-8-34-24/h3-11H,13H2,1-2H3,(H,26,28,30)(H,27,29,31)/b16-10+. The van der Waals surface area contributed by atoms with Gasteiger partial charge in [0.2, 0.25) is 0 Å². The number of rotatable bonds is 7. The van der Waals surface area contributed by atoms with Gasteiger partial charge >= 0.3 is 0 Å². The Hall–Kier alpha value is -4.49. The number of carbonyl (C=O) groups is 1. The van der Waals surface area contributed by atoms with E-state index in [1.54, 1.807) is 48.0 Å². The van der Waals surface area contributed by atoms with Gasteiger partial charge in [0.25, 0.3) is 11.5 Å². The number of methoxy groups -OCH3 is 1. The highest BCUT2D eigenvalue weighted by Gasteiger charge is 2.12. The van der Waals surface area contributed by atoms with Crippen LogP contribution in [-0.4, -0.2) is 34.6 Å². The van der Waals surface area contributed by atoms with Crippen LogP contribution >= 0.6 is 11.3 Å². The first kappa shape index (κ1) is 22.7. The van der Waals surface area contributed by atoms with Crippen molar-refractivity contribution in [2.45, 2.75) is 6.92 Å². The van der Waals surface area contributed by atoms with E-state index in [0.717, 1.165) is 5.56 Å². The fourth-order valence-corrected chi connectivity index (χ4v) is 3.72. The number of aryl methyl sites for hydroxylation is 1. The molecule has 0 unspecified atom stereocenters. The number of hydrogen-bond donors (Lipinski definition) is 2. The lowest BCUT2D eigenvalue weighted by Gasteiger charge is -2.11. The average molecular weight is 474 g/mol. The topological polar surface area (TPSA) is 130 Å². The van der Waals surface area contributed by atoms with Crippen LogP contribution in [0.25, 0.3) is 22.6 Å². The number of H-pyrrole nitrogens is 1. The fourth-order valence-electron chi connectivity index (χ4n) is 3.17. The third kappa shape index (κ3) is 5.11. The van der Waals surface area contributed by atoms with E-state index in [9.17, 15) is 14.9 Å². The highest BCUT2D eigenvalue weighted by Crippen LogP contribution is 2.29. The molecule has 0 saturated heterocycles. The van der Waals surface area contributed by atoms with Crippen LogP contribution in [0.1, 0.15) is 17.0 Å². The summed E-state index contributed by atoms with van der Waals surface area (Å²) in [6.45, 7) is 1.68. The smallest absolute Gasteiger partial charge is 0.264 e. The zero-order chi connectivity index (χ0) is 24.1. The molecule has 0 aliphatic heterocycles. The summed E-state index contributed by atoms with van der Waals surface area (Å²) in [5.74, 6) is 0.557. The van der Waals surface area contributed by atoms with Gasteiger partial charge in [-0.05, 0) is 48.4 Å². The van der Waals surface area contributed by atoms with E-state index in [1.165, 1.54) is 18.4 Å². The number of ether oxygens (including phenoxy) is 2. The van der Waals surface area contributed by atoms with Crippen molar-refractivity contribution < 1.29 is 14.3 Å². The Morgan fingerprint density at radius 3 is 2.85 bits per heavy atom. The third-order valence-corrected chi connectivity index (χ3v) is 5.46. The van der Waals surface area contributed by atoms with Gasteiger partial charge in [-0.1, -0.05) is 12.1 Å². The Labute approximate surface area is 198 Å². The first-order valence-corrected chi connectivity index (χ1v) is 11.0. The Balaban J connectivity index is 1.57. The van der Waals surface area contributed by atoms with Gasteiger partial charge in [-0.15, -0.1) is 11.3 Å². The van der Waals surface area contributed by atoms with Crippen LogP contribution in [-0.2, 0) is 4.79 Å². The first-order valence-electron chi connectivity index (χ1n) is 10.1. The summed E-state index contributed by atoms with van der Waals surface area (Å²) in [6.07, 6.45) is 3.18. The number of hydrogen-bond acceptors (Lipinski definition) is 8. The lowest BCUT2D eigenvalue weighted by Crippen LogP contribution is -2.20. The molecule has 2 aromatic heterocycles. The van der Waals surface area contributed by atoms with Crippen LogP contribution < -0.4 is 20.3 Å². The molecule has 4 aromatic rings. The minimum absolute atomic E-state index is 0.170. The number of benzene rings is 2. The zero-order valence-electron chi connectivity index (χ0n) is 18.3. The van der Waals surface area contributed by atoms with E-state index < -0.39 is 0 Å². The van der Waals surface area contributed by atoms with Crippen LogP contribution in [0.2, 0.25) is 0 Å². The van der Waals surface area contributed by atoms with E-state index in [4.69, 9.17) is 9.47 Å². The summed E-state index contributed by atoms with van der Waals surface area (Å²) in [7, 11) is 1.47. The van der Waals surface area contributed by atoms with Crippen LogP contribution in [0, 0.1) is 18.3 Å². The van der Waals surface area contributed by atoms with Gasteiger partial charge in [0.1, 0.15) is 6.07 Å². The highest BCUT2D eigenvalue weighted by molar-refractivity contribution is 7.13. The molecule has 9 nitrogen and oxygen atoms in total. The van der Waals surface area contributed by atoms with E-state index in [0.29, 0.717) is 33.1 Å². The van der Waals surface area contributed by atoms with Crippen LogP contribution in [0.3, 0.4) is 0 Å². The maximum atomic E-state index is 12.5. The minimum Gasteiger partial charge on any atom is -0.493 e. The van der Waals surface area contributed by atoms with E-state index in [1.807, 2.05) is 13.0 Å². The van der Waals surface area contributed by atoms with Crippen molar-refractivity contribution in [1.82, 2.24) is 15.0 Å². The summed E-state index contributed by atoms with van der Waals surface area (Å²) in [5, 5.41) is 15.0. The number of fused-ring (bicyclic) bond motifs is 1. The van der Waals surface area contributed by atoms with E-state index in [2.05, 4.69) is 26.3 Å². The number of carbonyl (C=O) groups excluding carboxylic acids is 1. The van der Waals surface area contributed by atoms with Crippen molar-refractivity contribution in [2.75, 3.05) is 19.0 Å². The number of aromatic nitrogens is 3. The van der Waals surface area contributed by atoms with Gasteiger partial charge in [-0.2, -0.15) is 5.26 Å². The van der Waals surface area contributed by atoms with Crippen molar-refractivity contribution in [3.8, 4) is 17.6 Å². The molecule has 0 saturated carbocycles. The lowest BCUT2D eigenvalue weighted by atomic mass is 10.1. The minimum atomic E-state index is -0.352. The predicted molar refractivity (Wildman–Crippen MR) is 130 cm³/mol. The second-order valence-electron chi connectivity index (χ2n) is 7.19. The number of allylic oxidation sites excluding steroid dienone is 1. The number of anilines is 1. The first-order chi connectivity index (χ1) is 16.5. The van der Waals surface area contributed by atoms with Gasteiger partial charge < -0.3 is 14.5 Å². The lowest BCUT2D eigenvalue weighted by molar-refractivity contribution is -0.118. The maximum Gasteiger partial charge on any atom is 0.264 e. The SMILES string of the molecule is COc1cc(/C=C(\C#N)c2nc3cc(C)ccc3c(=O)[nH]2)ccc1OCC(=O)Nc1nccs1. The molecular formula is C24H19N5O4S. The Morgan fingerprint density at radius 2 is 2.12 bits per heavy atom. The highest BCUT2D eigenvalue weighted by atomic mass is 32.1. The molecule has 10 heteroatoms. The molecule has 2 heterocycles. The number of nitrogens with one attached hydrogen (secondary N) is 2. The van der Waals surface area contributed by atoms with Crippen molar-refractivity contribution >= 4 is 44.9 Å². The summed E-state index contributed by atoms with van der Waals surface area (Å²) < 4.78 is 11.0. The normalized spacial score (nSPS) is 11.1. The second kappa shape index (κ2) is 9.97. The number of amides is 1. The van der Waals surface area contributed by atoms with Crippen LogP contribution in [0.15, 0.2) is 52.8 Å². The third-order valence-electron chi connectivity index (χ3n) is 4.77. The molecule has 2 N–H and O–H groups in total. The monoisotopic (exact) mass is 473 g/mol. The summed E-state index contributed by atoms with van der Waals surface area (Å²) in [6, 6.07) is 12.4.